The van der Waals surface area contributed by atoms with Crippen LogP contribution in [0.2, 0.25) is 0 Å². The molecule has 0 saturated heterocycles. The SMILES string of the molecule is CCC(CC)C(=O)Nc1c(C(N)=O)oc2ccccc12. The lowest BCUT2D eigenvalue weighted by molar-refractivity contribution is -0.120. The summed E-state index contributed by atoms with van der Waals surface area (Å²) in [5.41, 5.74) is 6.21. The number of rotatable bonds is 5. The largest absolute Gasteiger partial charge is 0.449 e. The first-order valence-corrected chi connectivity index (χ1v) is 6.70. The number of primary amides is 1. The van der Waals surface area contributed by atoms with E-state index in [1.165, 1.54) is 0 Å². The summed E-state index contributed by atoms with van der Waals surface area (Å²) >= 11 is 0. The van der Waals surface area contributed by atoms with Crippen molar-refractivity contribution in [3.8, 4) is 0 Å². The van der Waals surface area contributed by atoms with Crippen LogP contribution in [0.1, 0.15) is 37.2 Å². The van der Waals surface area contributed by atoms with Gasteiger partial charge in [-0.1, -0.05) is 26.0 Å². The third-order valence-corrected chi connectivity index (χ3v) is 3.42. The second-order valence-electron chi connectivity index (χ2n) is 4.67. The number of carbonyl (C=O) groups excluding carboxylic acids is 2. The van der Waals surface area contributed by atoms with Crippen LogP contribution in [0.15, 0.2) is 28.7 Å². The van der Waals surface area contributed by atoms with Gasteiger partial charge in [-0.15, -0.1) is 0 Å². The van der Waals surface area contributed by atoms with Crippen molar-refractivity contribution in [2.75, 3.05) is 5.32 Å². The minimum atomic E-state index is -0.693. The molecule has 0 aliphatic heterocycles. The smallest absolute Gasteiger partial charge is 0.286 e. The molecule has 1 aromatic carbocycles. The standard InChI is InChI=1S/C15H18N2O3/c1-3-9(4-2)15(19)17-12-10-7-5-6-8-11(10)20-13(12)14(16)18/h5-9H,3-4H2,1-2H3,(H2,16,18)(H,17,19). The van der Waals surface area contributed by atoms with E-state index in [2.05, 4.69) is 5.32 Å². The van der Waals surface area contributed by atoms with E-state index in [4.69, 9.17) is 10.2 Å². The Morgan fingerprint density at radius 3 is 2.50 bits per heavy atom. The summed E-state index contributed by atoms with van der Waals surface area (Å²) in [6, 6.07) is 7.13. The molecule has 1 aromatic heterocycles. The Hall–Kier alpha value is -2.30. The molecule has 0 fully saturated rings. The van der Waals surface area contributed by atoms with E-state index in [0.717, 1.165) is 12.8 Å². The van der Waals surface area contributed by atoms with E-state index in [0.29, 0.717) is 16.7 Å². The monoisotopic (exact) mass is 274 g/mol. The second-order valence-corrected chi connectivity index (χ2v) is 4.67. The fraction of sp³-hybridized carbons (Fsp3) is 0.333. The Morgan fingerprint density at radius 2 is 1.90 bits per heavy atom. The third-order valence-electron chi connectivity index (χ3n) is 3.42. The van der Waals surface area contributed by atoms with Gasteiger partial charge >= 0.3 is 0 Å². The molecule has 2 amide bonds. The van der Waals surface area contributed by atoms with Gasteiger partial charge in [0.15, 0.2) is 0 Å². The first-order valence-electron chi connectivity index (χ1n) is 6.70. The first kappa shape index (κ1) is 14.1. The number of furan rings is 1. The highest BCUT2D eigenvalue weighted by atomic mass is 16.3. The maximum atomic E-state index is 12.2. The van der Waals surface area contributed by atoms with Crippen molar-refractivity contribution in [2.24, 2.45) is 11.7 Å². The fourth-order valence-corrected chi connectivity index (χ4v) is 2.23. The molecular formula is C15H18N2O3. The summed E-state index contributed by atoms with van der Waals surface area (Å²) in [7, 11) is 0. The van der Waals surface area contributed by atoms with Gasteiger partial charge in [0.25, 0.3) is 5.91 Å². The molecule has 0 unspecified atom stereocenters. The van der Waals surface area contributed by atoms with Crippen LogP contribution in [-0.2, 0) is 4.79 Å². The van der Waals surface area contributed by atoms with Crippen LogP contribution in [0.3, 0.4) is 0 Å². The molecule has 0 bridgehead atoms. The Bertz CT molecular complexity index is 642. The Kier molecular flexibility index (Phi) is 4.08. The maximum Gasteiger partial charge on any atom is 0.286 e. The number of benzene rings is 1. The van der Waals surface area contributed by atoms with E-state index in [9.17, 15) is 9.59 Å². The molecule has 3 N–H and O–H groups in total. The summed E-state index contributed by atoms with van der Waals surface area (Å²) in [5, 5.41) is 3.46. The zero-order valence-electron chi connectivity index (χ0n) is 11.6. The van der Waals surface area contributed by atoms with Crippen molar-refractivity contribution >= 4 is 28.5 Å². The summed E-state index contributed by atoms with van der Waals surface area (Å²) < 4.78 is 5.42. The highest BCUT2D eigenvalue weighted by Gasteiger charge is 2.22. The molecule has 0 saturated carbocycles. The third kappa shape index (κ3) is 2.52. The van der Waals surface area contributed by atoms with Gasteiger partial charge in [0.1, 0.15) is 11.3 Å². The van der Waals surface area contributed by atoms with Gasteiger partial charge in [-0.3, -0.25) is 9.59 Å². The van der Waals surface area contributed by atoms with Crippen LogP contribution in [0, 0.1) is 5.92 Å². The number of hydrogen-bond donors (Lipinski definition) is 2. The van der Waals surface area contributed by atoms with Crippen LogP contribution in [0.4, 0.5) is 5.69 Å². The molecule has 5 nitrogen and oxygen atoms in total. The molecule has 5 heteroatoms. The van der Waals surface area contributed by atoms with E-state index in [1.54, 1.807) is 18.2 Å². The maximum absolute atomic E-state index is 12.2. The molecule has 0 spiro atoms. The van der Waals surface area contributed by atoms with E-state index < -0.39 is 5.91 Å². The van der Waals surface area contributed by atoms with Gasteiger partial charge in [-0.05, 0) is 25.0 Å². The van der Waals surface area contributed by atoms with Gasteiger partial charge in [-0.2, -0.15) is 0 Å². The van der Waals surface area contributed by atoms with Crippen molar-refractivity contribution < 1.29 is 14.0 Å². The van der Waals surface area contributed by atoms with Crippen LogP contribution >= 0.6 is 0 Å². The topological polar surface area (TPSA) is 85.3 Å². The molecule has 0 atom stereocenters. The van der Waals surface area contributed by atoms with Gasteiger partial charge < -0.3 is 15.5 Å². The van der Waals surface area contributed by atoms with Crippen molar-refractivity contribution in [3.63, 3.8) is 0 Å². The first-order chi connectivity index (χ1) is 9.58. The molecule has 1 heterocycles. The van der Waals surface area contributed by atoms with Crippen LogP contribution in [0.5, 0.6) is 0 Å². The van der Waals surface area contributed by atoms with Crippen LogP contribution < -0.4 is 11.1 Å². The summed E-state index contributed by atoms with van der Waals surface area (Å²) in [4.78, 5) is 23.6. The summed E-state index contributed by atoms with van der Waals surface area (Å²) in [5.74, 6) is -0.917. The minimum absolute atomic E-state index is 0.00879. The normalized spacial score (nSPS) is 10.9. The summed E-state index contributed by atoms with van der Waals surface area (Å²) in [6.07, 6.45) is 1.48. The number of fused-ring (bicyclic) bond motifs is 1. The highest BCUT2D eigenvalue weighted by Crippen LogP contribution is 2.31. The average molecular weight is 274 g/mol. The minimum Gasteiger partial charge on any atom is -0.449 e. The molecule has 106 valence electrons. The number of para-hydroxylation sites is 1. The number of nitrogens with one attached hydrogen (secondary N) is 1. The van der Waals surface area contributed by atoms with Crippen LogP contribution in [-0.4, -0.2) is 11.8 Å². The molecule has 2 rings (SSSR count). The molecule has 0 radical (unpaired) electrons. The second kappa shape index (κ2) is 5.77. The number of hydrogen-bond acceptors (Lipinski definition) is 3. The Morgan fingerprint density at radius 1 is 1.25 bits per heavy atom. The lowest BCUT2D eigenvalue weighted by Gasteiger charge is -2.12. The van der Waals surface area contributed by atoms with Gasteiger partial charge in [0.2, 0.25) is 11.7 Å². The number of nitrogens with two attached hydrogens (primary N) is 1. The van der Waals surface area contributed by atoms with Crippen molar-refractivity contribution in [3.05, 3.63) is 30.0 Å². The van der Waals surface area contributed by atoms with E-state index in [-0.39, 0.29) is 17.6 Å². The van der Waals surface area contributed by atoms with Crippen molar-refractivity contribution in [2.45, 2.75) is 26.7 Å². The van der Waals surface area contributed by atoms with Crippen molar-refractivity contribution in [1.29, 1.82) is 0 Å². The Balaban J connectivity index is 2.44. The molecule has 20 heavy (non-hydrogen) atoms. The van der Waals surface area contributed by atoms with Gasteiger partial charge in [0.05, 0.1) is 0 Å². The number of carbonyl (C=O) groups is 2. The quantitative estimate of drug-likeness (QED) is 0.879. The zero-order chi connectivity index (χ0) is 14.7. The summed E-state index contributed by atoms with van der Waals surface area (Å²) in [6.45, 7) is 3.91. The highest BCUT2D eigenvalue weighted by molar-refractivity contribution is 6.10. The van der Waals surface area contributed by atoms with E-state index in [1.807, 2.05) is 19.9 Å². The Labute approximate surface area is 117 Å². The molecule has 2 aromatic rings. The molecule has 0 aliphatic carbocycles. The van der Waals surface area contributed by atoms with Crippen molar-refractivity contribution in [1.82, 2.24) is 0 Å². The fourth-order valence-electron chi connectivity index (χ4n) is 2.23. The van der Waals surface area contributed by atoms with Crippen LogP contribution in [0.25, 0.3) is 11.0 Å². The van der Waals surface area contributed by atoms with E-state index >= 15 is 0 Å². The number of amides is 2. The van der Waals surface area contributed by atoms with Gasteiger partial charge in [-0.25, -0.2) is 0 Å². The predicted octanol–water partition coefficient (Wildman–Crippen LogP) is 2.91. The molecule has 0 aliphatic rings. The average Bonchev–Trinajstić information content (AvgIpc) is 2.79. The van der Waals surface area contributed by atoms with Gasteiger partial charge in [0, 0.05) is 11.3 Å². The zero-order valence-corrected chi connectivity index (χ0v) is 11.6. The lowest BCUT2D eigenvalue weighted by atomic mass is 10.0. The number of anilines is 1. The molecular weight excluding hydrogens is 256 g/mol. The lowest BCUT2D eigenvalue weighted by Crippen LogP contribution is -2.23. The predicted molar refractivity (Wildman–Crippen MR) is 77.4 cm³/mol.